The molecule has 0 amide bonds. The second-order valence-electron chi connectivity index (χ2n) is 38.2. The molecule has 8 nitrogen and oxygen atoms in total. The van der Waals surface area contributed by atoms with Crippen molar-refractivity contribution in [3.05, 3.63) is 546 Å². The number of fused-ring (bicyclic) bond motifs is 16. The van der Waals surface area contributed by atoms with Crippen LogP contribution >= 0.6 is 0 Å². The molecule has 8 heteroatoms. The van der Waals surface area contributed by atoms with Crippen molar-refractivity contribution in [2.75, 3.05) is 0 Å². The fourth-order valence-corrected chi connectivity index (χ4v) is 22.1. The molecule has 29 rings (SSSR count). The molecule has 0 aliphatic rings. The molecule has 0 spiro atoms. The Morgan fingerprint density at radius 3 is 0.840 bits per heavy atom. The molecule has 6 aromatic heterocycles. The van der Waals surface area contributed by atoms with Crippen LogP contribution in [0.4, 0.5) is 0 Å². The zero-order valence-electron chi connectivity index (χ0n) is 81.5. The summed E-state index contributed by atoms with van der Waals surface area (Å²) in [7, 11) is 0. The molecule has 150 heavy (non-hydrogen) atoms. The van der Waals surface area contributed by atoms with Gasteiger partial charge in [-0.1, -0.05) is 431 Å². The third kappa shape index (κ3) is 16.7. The van der Waals surface area contributed by atoms with Crippen LogP contribution in [0.2, 0.25) is 0 Å². The lowest BCUT2D eigenvalue weighted by molar-refractivity contribution is 1.19. The summed E-state index contributed by atoms with van der Waals surface area (Å²) in [6, 6.07) is 186. The fraction of sp³-hybridized carbons (Fsp3) is 0. The van der Waals surface area contributed by atoms with Crippen LogP contribution in [0.15, 0.2) is 546 Å². The third-order valence-electron chi connectivity index (χ3n) is 29.4. The number of rotatable bonds is 14. The summed E-state index contributed by atoms with van der Waals surface area (Å²) < 4.78 is 0. The van der Waals surface area contributed by atoms with E-state index in [1.807, 2.05) is 79.4 Å². The average Bonchev–Trinajstić information content (AvgIpc) is 0.728. The van der Waals surface area contributed by atoms with Gasteiger partial charge in [-0.2, -0.15) is 0 Å². The Bertz CT molecular complexity index is 10200. The van der Waals surface area contributed by atoms with E-state index in [2.05, 4.69) is 482 Å². The van der Waals surface area contributed by atoms with Crippen LogP contribution in [0.5, 0.6) is 0 Å². The second kappa shape index (κ2) is 38.6. The van der Waals surface area contributed by atoms with Gasteiger partial charge in [0.25, 0.3) is 0 Å². The van der Waals surface area contributed by atoms with E-state index in [0.29, 0.717) is 11.6 Å². The van der Waals surface area contributed by atoms with Crippen LogP contribution < -0.4 is 0 Å². The normalized spacial score (nSPS) is 11.5. The zero-order chi connectivity index (χ0) is 99.3. The largest absolute Gasteiger partial charge is 0.256 e. The Kier molecular flexibility index (Phi) is 22.8. The molecule has 0 aliphatic heterocycles. The van der Waals surface area contributed by atoms with Crippen molar-refractivity contribution in [3.8, 4) is 157 Å². The first kappa shape index (κ1) is 88.8. The van der Waals surface area contributed by atoms with Gasteiger partial charge in [0.2, 0.25) is 0 Å². The van der Waals surface area contributed by atoms with E-state index in [1.165, 1.54) is 163 Å². The average molecular weight is 1910 g/mol. The number of para-hydroxylation sites is 1. The molecular formula is C142H90N8. The minimum atomic E-state index is 0.683. The number of hydrogen-bond acceptors (Lipinski definition) is 8. The van der Waals surface area contributed by atoms with Crippen molar-refractivity contribution in [2.45, 2.75) is 0 Å². The van der Waals surface area contributed by atoms with Crippen molar-refractivity contribution < 1.29 is 0 Å². The van der Waals surface area contributed by atoms with Crippen molar-refractivity contribution in [2.24, 2.45) is 0 Å². The highest BCUT2D eigenvalue weighted by molar-refractivity contribution is 6.24. The molecule has 0 saturated carbocycles. The molecule has 0 N–H and O–H groups in total. The van der Waals surface area contributed by atoms with Crippen LogP contribution in [0.1, 0.15) is 0 Å². The summed E-state index contributed by atoms with van der Waals surface area (Å²) in [5.41, 5.74) is 28.8. The first-order chi connectivity index (χ1) is 74.3. The van der Waals surface area contributed by atoms with Gasteiger partial charge in [-0.3, -0.25) is 19.9 Å². The first-order valence-corrected chi connectivity index (χ1v) is 50.9. The number of hydrogen-bond donors (Lipinski definition) is 0. The highest BCUT2D eigenvalue weighted by Gasteiger charge is 2.24. The lowest BCUT2D eigenvalue weighted by Gasteiger charge is -2.19. The highest BCUT2D eigenvalue weighted by Crippen LogP contribution is 2.49. The summed E-state index contributed by atoms with van der Waals surface area (Å²) in [4.78, 5) is 39.5. The quantitative estimate of drug-likeness (QED) is 0.0784. The van der Waals surface area contributed by atoms with Gasteiger partial charge in [-0.25, -0.2) is 19.9 Å². The Labute approximate surface area is 866 Å². The molecule has 23 aromatic carbocycles. The van der Waals surface area contributed by atoms with E-state index in [1.54, 1.807) is 0 Å². The summed E-state index contributed by atoms with van der Waals surface area (Å²) in [6.07, 6.45) is 7.46. The van der Waals surface area contributed by atoms with E-state index in [-0.39, 0.29) is 0 Å². The highest BCUT2D eigenvalue weighted by atomic mass is 14.9. The van der Waals surface area contributed by atoms with Gasteiger partial charge in [0, 0.05) is 85.8 Å². The second-order valence-corrected chi connectivity index (χ2v) is 38.2. The van der Waals surface area contributed by atoms with Gasteiger partial charge in [-0.15, -0.1) is 0 Å². The molecule has 0 saturated heterocycles. The fourth-order valence-electron chi connectivity index (χ4n) is 22.1. The molecule has 0 bridgehead atoms. The smallest absolute Gasteiger partial charge is 0.160 e. The molecule has 0 unspecified atom stereocenters. The van der Waals surface area contributed by atoms with Gasteiger partial charge in [0.05, 0.1) is 45.4 Å². The standard InChI is InChI=1S/C53H33N3.C46H30N2.C43H27N3/c1-4-14-42-38(11-1)30-48(46-18-8-6-16-44(42)46)35-23-25-36(26-24-35)51-32-52(49-31-39-12-2-5-15-43(39)45-17-7-9-19-47(45)49)56-53(55-51)37-27-21-34(22-28-37)41-29-40-13-3-10-20-50(40)54-33-41;1-2-12-37-31(10-1)11-9-15-38(37)36-26-27-41-42(30-36)46(35-24-20-33(21-25-35)44-17-6-8-29-48-44)40-14-4-3-13-39(40)45(41)34-22-18-32(19-23-34)43-16-5-7-28-47-43;1-3-13-32-30(11-1)25-38(36-17-7-5-15-34(32)36)41-27-42(39-26-31-12-2-4-14-33(31)35-16-6-8-18-37(35)39)46-43(45-41)29-22-20-28(21-23-29)40-19-9-10-24-44-40/h1-33H;1-30H;1-27H. The Morgan fingerprint density at radius 2 is 0.413 bits per heavy atom. The van der Waals surface area contributed by atoms with Crippen molar-refractivity contribution >= 4 is 129 Å². The molecule has 0 radical (unpaired) electrons. The third-order valence-corrected chi connectivity index (χ3v) is 29.4. The van der Waals surface area contributed by atoms with E-state index < -0.39 is 0 Å². The van der Waals surface area contributed by atoms with Crippen LogP contribution in [-0.4, -0.2) is 39.9 Å². The van der Waals surface area contributed by atoms with Crippen molar-refractivity contribution in [1.82, 2.24) is 39.9 Å². The molecule has 0 atom stereocenters. The predicted octanol–water partition coefficient (Wildman–Crippen LogP) is 37.4. The number of nitrogens with zero attached hydrogens (tertiary/aromatic N) is 8. The number of pyridine rings is 4. The van der Waals surface area contributed by atoms with Crippen LogP contribution in [-0.2, 0) is 0 Å². The maximum Gasteiger partial charge on any atom is 0.160 e. The van der Waals surface area contributed by atoms with Crippen LogP contribution in [0.25, 0.3) is 287 Å². The molecule has 698 valence electrons. The van der Waals surface area contributed by atoms with Gasteiger partial charge in [0.15, 0.2) is 11.6 Å². The zero-order valence-corrected chi connectivity index (χ0v) is 81.5. The van der Waals surface area contributed by atoms with Gasteiger partial charge in [0.1, 0.15) is 0 Å². The van der Waals surface area contributed by atoms with Gasteiger partial charge >= 0.3 is 0 Å². The number of aromatic nitrogens is 8. The van der Waals surface area contributed by atoms with E-state index >= 15 is 0 Å². The molecule has 0 fully saturated rings. The molecule has 29 aromatic rings. The van der Waals surface area contributed by atoms with Crippen LogP contribution in [0, 0.1) is 0 Å². The van der Waals surface area contributed by atoms with Gasteiger partial charge in [-0.05, 0) is 260 Å². The Balaban J connectivity index is 0.000000111. The lowest BCUT2D eigenvalue weighted by atomic mass is 9.84. The minimum absolute atomic E-state index is 0.683. The SMILES string of the molecule is c1ccc(-c2ccc(-c3c4ccccc4c(-c4ccc(-c5ccccn5)cc4)c4cc(-c5cccc6ccccc56)ccc34)cc2)nc1.c1ccc(-c2ccc(-c3nc(-c4cc5ccccc5c5ccccc45)cc(-c4cc5ccccc5c5ccccc45)n3)cc2)nc1.c1ccc2ncc(-c3ccc(-c4nc(-c5ccc(-c6cc7ccccc7c7ccccc67)cc5)cc(-c5cc6ccccc6c6ccccc56)n4)cc3)cc2c1. The summed E-state index contributed by atoms with van der Waals surface area (Å²) in [5, 5.41) is 28.0. The van der Waals surface area contributed by atoms with Crippen LogP contribution in [0.3, 0.4) is 0 Å². The monoisotopic (exact) mass is 1910 g/mol. The summed E-state index contributed by atoms with van der Waals surface area (Å²) in [6.45, 7) is 0. The van der Waals surface area contributed by atoms with Crippen molar-refractivity contribution in [3.63, 3.8) is 0 Å². The Hall–Kier alpha value is -20.1. The maximum absolute atomic E-state index is 5.30. The van der Waals surface area contributed by atoms with E-state index in [4.69, 9.17) is 24.9 Å². The van der Waals surface area contributed by atoms with Gasteiger partial charge < -0.3 is 0 Å². The molecule has 6 heterocycles. The first-order valence-electron chi connectivity index (χ1n) is 50.9. The summed E-state index contributed by atoms with van der Waals surface area (Å²) in [5.74, 6) is 1.37. The van der Waals surface area contributed by atoms with E-state index in [9.17, 15) is 0 Å². The Morgan fingerprint density at radius 1 is 0.120 bits per heavy atom. The van der Waals surface area contributed by atoms with E-state index in [0.717, 1.165) is 112 Å². The maximum atomic E-state index is 5.30. The van der Waals surface area contributed by atoms with Crippen molar-refractivity contribution in [1.29, 1.82) is 0 Å². The predicted molar refractivity (Wildman–Crippen MR) is 628 cm³/mol. The minimum Gasteiger partial charge on any atom is -0.256 e. The lowest BCUT2D eigenvalue weighted by Crippen LogP contribution is -1.97. The topological polar surface area (TPSA) is 103 Å². The number of benzene rings is 23. The summed E-state index contributed by atoms with van der Waals surface area (Å²) >= 11 is 0. The molecule has 0 aliphatic carbocycles. The molecular weight excluding hydrogens is 1820 g/mol.